The fourth-order valence-corrected chi connectivity index (χ4v) is 12.7. The third kappa shape index (κ3) is 5.56. The van der Waals surface area contributed by atoms with E-state index in [2.05, 4.69) is 199 Å². The van der Waals surface area contributed by atoms with Gasteiger partial charge in [-0.15, -0.1) is 11.3 Å². The lowest BCUT2D eigenvalue weighted by Gasteiger charge is -2.39. The first-order valence-electron chi connectivity index (χ1n) is 23.7. The summed E-state index contributed by atoms with van der Waals surface area (Å²) in [5.41, 5.74) is 14.9. The fraction of sp³-hybridized carbons (Fsp3) is 0.0156. The van der Waals surface area contributed by atoms with Crippen LogP contribution in [0.2, 0.25) is 0 Å². The van der Waals surface area contributed by atoms with Crippen molar-refractivity contribution in [1.29, 1.82) is 0 Å². The minimum Gasteiger partial charge on any atom is -0.457 e. The maximum atomic E-state index is 6.78. The molecule has 1 aliphatic carbocycles. The highest BCUT2D eigenvalue weighted by Crippen LogP contribution is 2.63. The number of thiophene rings is 1. The number of hydrogen-bond acceptors (Lipinski definition) is 5. The Labute approximate surface area is 407 Å². The van der Waals surface area contributed by atoms with E-state index in [1.54, 1.807) is 0 Å². The number of hydrogen-bond donors (Lipinski definition) is 0. The van der Waals surface area contributed by atoms with Crippen LogP contribution in [0.25, 0.3) is 104 Å². The largest absolute Gasteiger partial charge is 0.457 e. The normalized spacial score (nSPS) is 13.1. The van der Waals surface area contributed by atoms with Crippen molar-refractivity contribution in [2.75, 3.05) is 0 Å². The Hall–Kier alpha value is -8.97. The molecular formula is C64H38N4OS. The van der Waals surface area contributed by atoms with Gasteiger partial charge in [-0.2, -0.15) is 0 Å². The van der Waals surface area contributed by atoms with Crippen molar-refractivity contribution in [2.45, 2.75) is 5.41 Å². The van der Waals surface area contributed by atoms with Crippen LogP contribution in [0.3, 0.4) is 0 Å². The van der Waals surface area contributed by atoms with Crippen LogP contribution in [0, 0.1) is 0 Å². The highest BCUT2D eigenvalue weighted by Gasteiger charge is 2.52. The number of para-hydroxylation sites is 4. The molecule has 0 unspecified atom stereocenters. The van der Waals surface area contributed by atoms with Gasteiger partial charge in [-0.05, 0) is 81.9 Å². The number of fused-ring (bicyclic) bond motifs is 16. The smallest absolute Gasteiger partial charge is 0.164 e. The molecule has 13 aromatic rings. The molecule has 15 rings (SSSR count). The van der Waals surface area contributed by atoms with Gasteiger partial charge in [-0.25, -0.2) is 15.0 Å². The van der Waals surface area contributed by atoms with Gasteiger partial charge in [0.2, 0.25) is 0 Å². The Morgan fingerprint density at radius 1 is 0.386 bits per heavy atom. The monoisotopic (exact) mass is 910 g/mol. The van der Waals surface area contributed by atoms with Gasteiger partial charge in [0.05, 0.1) is 16.4 Å². The van der Waals surface area contributed by atoms with Gasteiger partial charge in [-0.3, -0.25) is 0 Å². The minimum absolute atomic E-state index is 0.626. The molecule has 3 aromatic heterocycles. The fourth-order valence-electron chi connectivity index (χ4n) is 11.6. The average Bonchev–Trinajstić information content (AvgIpc) is 4.08. The molecule has 4 heterocycles. The molecule has 0 radical (unpaired) electrons. The lowest BCUT2D eigenvalue weighted by molar-refractivity contribution is 0.436. The second-order valence-corrected chi connectivity index (χ2v) is 19.3. The SMILES string of the molecule is c1ccc(-c2nc(-c3ccccc3)nc(-c3cccc4c3-c3ccc(-c5ccc6c(c5)sc5ccc7c8ccccc8n(-c8ccccc8)c7c56)cc3C43c4ccccc4Oc4ccccc43)n2)cc1. The van der Waals surface area contributed by atoms with E-state index in [1.165, 1.54) is 58.7 Å². The molecule has 0 atom stereocenters. The standard InChI is InChI=1S/C64H38N4OS/c1-4-17-39(18-5-1)61-65-62(40-19-6-2-7-20-40)67-63(66-61)48-24-16-27-51-58(48)46-33-31-41(37-52(46)64(51)49-25-11-14-29-54(49)69-55-30-15-12-26-50(55)64)42-32-34-47-57(38-42)70-56-36-35-45-44-23-10-13-28-53(44)68(60(45)59(47)56)43-21-8-3-9-22-43/h1-38H. The Kier molecular flexibility index (Phi) is 8.38. The second kappa shape index (κ2) is 15.0. The zero-order valence-electron chi connectivity index (χ0n) is 37.5. The van der Waals surface area contributed by atoms with Gasteiger partial charge in [0.1, 0.15) is 11.5 Å². The molecule has 0 N–H and O–H groups in total. The van der Waals surface area contributed by atoms with Crippen LogP contribution < -0.4 is 4.74 Å². The molecule has 6 heteroatoms. The summed E-state index contributed by atoms with van der Waals surface area (Å²) in [5.74, 6) is 3.58. The van der Waals surface area contributed by atoms with Gasteiger partial charge >= 0.3 is 0 Å². The number of benzene rings is 10. The Balaban J connectivity index is 0.972. The van der Waals surface area contributed by atoms with Crippen molar-refractivity contribution in [3.8, 4) is 73.6 Å². The summed E-state index contributed by atoms with van der Waals surface area (Å²) >= 11 is 1.87. The van der Waals surface area contributed by atoms with Gasteiger partial charge < -0.3 is 9.30 Å². The lowest BCUT2D eigenvalue weighted by Crippen LogP contribution is -2.32. The van der Waals surface area contributed by atoms with Crippen LogP contribution >= 0.6 is 11.3 Å². The molecule has 10 aromatic carbocycles. The van der Waals surface area contributed by atoms with Gasteiger partial charge in [0.15, 0.2) is 17.5 Å². The molecule has 70 heavy (non-hydrogen) atoms. The first-order valence-corrected chi connectivity index (χ1v) is 24.5. The van der Waals surface area contributed by atoms with Crippen molar-refractivity contribution >= 4 is 53.3 Å². The van der Waals surface area contributed by atoms with E-state index in [1.807, 2.05) is 47.7 Å². The molecule has 0 saturated heterocycles. The topological polar surface area (TPSA) is 52.8 Å². The zero-order valence-corrected chi connectivity index (χ0v) is 38.4. The summed E-state index contributed by atoms with van der Waals surface area (Å²) in [7, 11) is 0. The maximum absolute atomic E-state index is 6.78. The summed E-state index contributed by atoms with van der Waals surface area (Å²) in [6.07, 6.45) is 0. The molecule has 0 bridgehead atoms. The first kappa shape index (κ1) is 39.1. The average molecular weight is 911 g/mol. The predicted molar refractivity (Wildman–Crippen MR) is 286 cm³/mol. The summed E-state index contributed by atoms with van der Waals surface area (Å²) in [6.45, 7) is 0. The van der Waals surface area contributed by atoms with E-state index in [0.29, 0.717) is 17.5 Å². The van der Waals surface area contributed by atoms with E-state index in [4.69, 9.17) is 19.7 Å². The molecule has 0 amide bonds. The van der Waals surface area contributed by atoms with E-state index in [9.17, 15) is 0 Å². The number of rotatable bonds is 5. The summed E-state index contributed by atoms with van der Waals surface area (Å²) in [4.78, 5) is 15.6. The molecule has 2 aliphatic rings. The first-order chi connectivity index (χ1) is 34.7. The summed E-state index contributed by atoms with van der Waals surface area (Å²) in [6, 6.07) is 82.5. The molecule has 1 spiro atoms. The molecule has 0 saturated carbocycles. The van der Waals surface area contributed by atoms with Crippen LogP contribution in [0.4, 0.5) is 0 Å². The Morgan fingerprint density at radius 3 is 1.70 bits per heavy atom. The minimum atomic E-state index is -0.710. The van der Waals surface area contributed by atoms with Gasteiger partial charge in [0.25, 0.3) is 0 Å². The van der Waals surface area contributed by atoms with Crippen LogP contribution in [0.1, 0.15) is 22.3 Å². The summed E-state index contributed by atoms with van der Waals surface area (Å²) in [5, 5.41) is 5.08. The quantitative estimate of drug-likeness (QED) is 0.173. The van der Waals surface area contributed by atoms with Crippen LogP contribution in [-0.2, 0) is 5.41 Å². The van der Waals surface area contributed by atoms with Crippen molar-refractivity contribution in [3.05, 3.63) is 253 Å². The van der Waals surface area contributed by atoms with E-state index in [-0.39, 0.29) is 0 Å². The third-order valence-electron chi connectivity index (χ3n) is 14.5. The van der Waals surface area contributed by atoms with Crippen molar-refractivity contribution < 1.29 is 4.74 Å². The van der Waals surface area contributed by atoms with Crippen molar-refractivity contribution in [3.63, 3.8) is 0 Å². The number of nitrogens with zero attached hydrogens (tertiary/aromatic N) is 4. The molecule has 326 valence electrons. The van der Waals surface area contributed by atoms with E-state index < -0.39 is 5.41 Å². The zero-order chi connectivity index (χ0) is 45.9. The molecule has 0 fully saturated rings. The molecule has 1 aliphatic heterocycles. The third-order valence-corrected chi connectivity index (χ3v) is 15.6. The van der Waals surface area contributed by atoms with Crippen LogP contribution in [-0.4, -0.2) is 19.5 Å². The Bertz CT molecular complexity index is 4170. The second-order valence-electron chi connectivity index (χ2n) is 18.2. The molecule has 5 nitrogen and oxygen atoms in total. The number of ether oxygens (including phenoxy) is 1. The van der Waals surface area contributed by atoms with Gasteiger partial charge in [0, 0.05) is 64.4 Å². The highest BCUT2D eigenvalue weighted by molar-refractivity contribution is 7.26. The van der Waals surface area contributed by atoms with E-state index in [0.717, 1.165) is 61.7 Å². The van der Waals surface area contributed by atoms with Crippen LogP contribution in [0.15, 0.2) is 231 Å². The predicted octanol–water partition coefficient (Wildman–Crippen LogP) is 16.5. The molecular weight excluding hydrogens is 873 g/mol. The maximum Gasteiger partial charge on any atom is 0.164 e. The highest BCUT2D eigenvalue weighted by atomic mass is 32.1. The van der Waals surface area contributed by atoms with Crippen molar-refractivity contribution in [1.82, 2.24) is 19.5 Å². The van der Waals surface area contributed by atoms with E-state index >= 15 is 0 Å². The Morgan fingerprint density at radius 2 is 0.971 bits per heavy atom. The number of aromatic nitrogens is 4. The van der Waals surface area contributed by atoms with Crippen LogP contribution in [0.5, 0.6) is 11.5 Å². The summed E-state index contributed by atoms with van der Waals surface area (Å²) < 4.78 is 11.8. The van der Waals surface area contributed by atoms with Gasteiger partial charge in [-0.1, -0.05) is 182 Å². The lowest BCUT2D eigenvalue weighted by atomic mass is 9.66. The van der Waals surface area contributed by atoms with Crippen molar-refractivity contribution in [2.24, 2.45) is 0 Å².